The molecule has 0 saturated carbocycles. The number of thioether (sulfide) groups is 1. The molecule has 1 aromatic carbocycles. The van der Waals surface area contributed by atoms with Gasteiger partial charge in [0.15, 0.2) is 0 Å². The van der Waals surface area contributed by atoms with E-state index in [9.17, 15) is 4.39 Å². The van der Waals surface area contributed by atoms with Crippen LogP contribution >= 0.6 is 11.8 Å². The van der Waals surface area contributed by atoms with E-state index in [1.54, 1.807) is 12.1 Å². The van der Waals surface area contributed by atoms with Crippen LogP contribution in [0.25, 0.3) is 10.9 Å². The van der Waals surface area contributed by atoms with Crippen molar-refractivity contribution in [2.24, 2.45) is 0 Å². The Morgan fingerprint density at radius 1 is 1.18 bits per heavy atom. The summed E-state index contributed by atoms with van der Waals surface area (Å²) in [5.74, 6) is 3.20. The number of H-pyrrole nitrogens is 1. The van der Waals surface area contributed by atoms with E-state index in [1.165, 1.54) is 21.8 Å². The van der Waals surface area contributed by atoms with Gasteiger partial charge in [0.25, 0.3) is 0 Å². The summed E-state index contributed by atoms with van der Waals surface area (Å²) in [4.78, 5) is 17.1. The van der Waals surface area contributed by atoms with Gasteiger partial charge in [-0.1, -0.05) is 6.92 Å². The summed E-state index contributed by atoms with van der Waals surface area (Å²) >= 11 is 1.87. The molecule has 34 heavy (non-hydrogen) atoms. The third kappa shape index (κ3) is 4.15. The third-order valence-electron chi connectivity index (χ3n) is 7.49. The molecule has 0 spiro atoms. The molecular formula is C26H32FN5OS. The van der Waals surface area contributed by atoms with E-state index >= 15 is 0 Å². The second-order valence-corrected chi connectivity index (χ2v) is 10.7. The molecule has 3 aliphatic rings. The first-order valence-corrected chi connectivity index (χ1v) is 13.6. The number of ether oxygens (including phenoxy) is 1. The summed E-state index contributed by atoms with van der Waals surface area (Å²) in [7, 11) is 0. The largest absolute Gasteiger partial charge is 0.381 e. The van der Waals surface area contributed by atoms with Crippen LogP contribution in [0.15, 0.2) is 23.1 Å². The lowest BCUT2D eigenvalue weighted by Gasteiger charge is -2.33. The number of aryl methyl sites for hydroxylation is 2. The lowest BCUT2D eigenvalue weighted by atomic mass is 9.87. The summed E-state index contributed by atoms with van der Waals surface area (Å²) in [6.45, 7) is 5.63. The van der Waals surface area contributed by atoms with Crippen molar-refractivity contribution in [2.45, 2.75) is 62.3 Å². The highest BCUT2D eigenvalue weighted by Gasteiger charge is 2.29. The molecule has 2 N–H and O–H groups in total. The van der Waals surface area contributed by atoms with Crippen LogP contribution in [0.2, 0.25) is 0 Å². The van der Waals surface area contributed by atoms with E-state index in [0.29, 0.717) is 12.0 Å². The fourth-order valence-corrected chi connectivity index (χ4v) is 6.74. The maximum atomic E-state index is 14.0. The van der Waals surface area contributed by atoms with E-state index in [1.807, 2.05) is 17.8 Å². The van der Waals surface area contributed by atoms with Gasteiger partial charge in [0.05, 0.1) is 10.6 Å². The third-order valence-corrected chi connectivity index (χ3v) is 8.62. The van der Waals surface area contributed by atoms with Gasteiger partial charge in [0, 0.05) is 61.1 Å². The smallest absolute Gasteiger partial charge is 0.227 e. The maximum absolute atomic E-state index is 14.0. The molecule has 0 unspecified atom stereocenters. The highest BCUT2D eigenvalue weighted by molar-refractivity contribution is 7.99. The van der Waals surface area contributed by atoms with Crippen LogP contribution in [-0.2, 0) is 17.6 Å². The summed E-state index contributed by atoms with van der Waals surface area (Å²) in [6, 6.07) is 5.52. The van der Waals surface area contributed by atoms with Crippen LogP contribution in [0.5, 0.6) is 0 Å². The maximum Gasteiger partial charge on any atom is 0.227 e. The number of benzene rings is 1. The molecule has 2 fully saturated rings. The van der Waals surface area contributed by atoms with Crippen molar-refractivity contribution in [2.75, 3.05) is 42.3 Å². The molecule has 6 rings (SSSR count). The number of piperidine rings is 1. The molecule has 3 aliphatic heterocycles. The molecule has 5 heterocycles. The predicted molar refractivity (Wildman–Crippen MR) is 136 cm³/mol. The highest BCUT2D eigenvalue weighted by Crippen LogP contribution is 2.40. The summed E-state index contributed by atoms with van der Waals surface area (Å²) in [5, 5.41) is 4.76. The van der Waals surface area contributed by atoms with Crippen molar-refractivity contribution in [3.05, 3.63) is 41.0 Å². The number of nitrogens with zero attached hydrogens (tertiary/aromatic N) is 3. The lowest BCUT2D eigenvalue weighted by Crippen LogP contribution is -2.35. The number of aromatic nitrogens is 3. The number of hydrogen-bond acceptors (Lipinski definition) is 6. The number of aromatic amines is 1. The zero-order chi connectivity index (χ0) is 23.1. The minimum Gasteiger partial charge on any atom is -0.381 e. The molecule has 8 heteroatoms. The van der Waals surface area contributed by atoms with E-state index < -0.39 is 0 Å². The number of halogens is 1. The van der Waals surface area contributed by atoms with Gasteiger partial charge in [-0.05, 0) is 61.8 Å². The first-order chi connectivity index (χ1) is 16.7. The minimum atomic E-state index is -0.165. The van der Waals surface area contributed by atoms with Crippen molar-refractivity contribution in [3.8, 4) is 0 Å². The Morgan fingerprint density at radius 2 is 2.00 bits per heavy atom. The first-order valence-electron chi connectivity index (χ1n) is 12.6. The zero-order valence-corrected chi connectivity index (χ0v) is 20.5. The predicted octanol–water partition coefficient (Wildman–Crippen LogP) is 5.28. The van der Waals surface area contributed by atoms with E-state index in [4.69, 9.17) is 14.7 Å². The zero-order valence-electron chi connectivity index (χ0n) is 19.7. The van der Waals surface area contributed by atoms with Gasteiger partial charge in [-0.15, -0.1) is 11.8 Å². The fourth-order valence-electron chi connectivity index (χ4n) is 5.68. The van der Waals surface area contributed by atoms with Crippen molar-refractivity contribution >= 4 is 34.4 Å². The number of anilines is 2. The Balaban J connectivity index is 1.23. The summed E-state index contributed by atoms with van der Waals surface area (Å²) in [6.07, 6.45) is 6.03. The molecule has 6 nitrogen and oxygen atoms in total. The SMILES string of the molecule is CCc1[nH]c2ccc(F)cc2c1C1CCN(c2nc3c(c(NC4CCOCC4)n2)SCC3)CC1. The molecule has 2 aromatic heterocycles. The number of fused-ring (bicyclic) bond motifs is 2. The number of hydrogen-bond donors (Lipinski definition) is 2. The molecular weight excluding hydrogens is 449 g/mol. The standard InChI is InChI=1S/C26H32FN5OS/c1-2-20-23(19-15-17(27)3-4-21(19)29-20)16-5-10-32(11-6-16)26-30-22-9-14-34-24(22)25(31-26)28-18-7-12-33-13-8-18/h3-4,15-16,18,29H,2,5-14H2,1H3,(H,28,30,31). The number of rotatable bonds is 5. The Bertz CT molecular complexity index is 1180. The van der Waals surface area contributed by atoms with Crippen LogP contribution in [0.3, 0.4) is 0 Å². The van der Waals surface area contributed by atoms with Crippen LogP contribution in [0, 0.1) is 5.82 Å². The minimum absolute atomic E-state index is 0.165. The quantitative estimate of drug-likeness (QED) is 0.517. The average molecular weight is 482 g/mol. The molecule has 0 amide bonds. The van der Waals surface area contributed by atoms with Crippen LogP contribution in [0.4, 0.5) is 16.2 Å². The molecule has 0 atom stereocenters. The Morgan fingerprint density at radius 3 is 2.79 bits per heavy atom. The van der Waals surface area contributed by atoms with Gasteiger partial charge in [-0.3, -0.25) is 0 Å². The van der Waals surface area contributed by atoms with Gasteiger partial charge in [-0.2, -0.15) is 4.98 Å². The summed E-state index contributed by atoms with van der Waals surface area (Å²) < 4.78 is 19.6. The topological polar surface area (TPSA) is 66.1 Å². The van der Waals surface area contributed by atoms with Gasteiger partial charge < -0.3 is 19.9 Å². The van der Waals surface area contributed by atoms with Crippen LogP contribution < -0.4 is 10.2 Å². The molecule has 3 aromatic rings. The molecule has 180 valence electrons. The Labute approximate surface area is 204 Å². The van der Waals surface area contributed by atoms with Gasteiger partial charge in [0.1, 0.15) is 11.6 Å². The van der Waals surface area contributed by atoms with Crippen LogP contribution in [0.1, 0.15) is 55.5 Å². The molecule has 0 radical (unpaired) electrons. The summed E-state index contributed by atoms with van der Waals surface area (Å²) in [5.41, 5.74) is 4.78. The van der Waals surface area contributed by atoms with Crippen molar-refractivity contribution in [3.63, 3.8) is 0 Å². The van der Waals surface area contributed by atoms with Gasteiger partial charge >= 0.3 is 0 Å². The lowest BCUT2D eigenvalue weighted by molar-refractivity contribution is 0.0903. The van der Waals surface area contributed by atoms with Crippen molar-refractivity contribution < 1.29 is 9.13 Å². The van der Waals surface area contributed by atoms with Crippen LogP contribution in [-0.4, -0.2) is 53.0 Å². The second kappa shape index (κ2) is 9.38. The number of nitrogens with one attached hydrogen (secondary N) is 2. The second-order valence-electron chi connectivity index (χ2n) is 9.60. The average Bonchev–Trinajstić information content (AvgIpc) is 3.49. The normalized spacial score (nSPS) is 19.6. The Hall–Kier alpha value is -2.32. The van der Waals surface area contributed by atoms with E-state index in [-0.39, 0.29) is 5.82 Å². The molecule has 0 aliphatic carbocycles. The van der Waals surface area contributed by atoms with Gasteiger partial charge in [0.2, 0.25) is 5.95 Å². The first kappa shape index (κ1) is 22.2. The van der Waals surface area contributed by atoms with Gasteiger partial charge in [-0.25, -0.2) is 9.37 Å². The molecule has 2 saturated heterocycles. The van der Waals surface area contributed by atoms with E-state index in [0.717, 1.165) is 93.3 Å². The highest BCUT2D eigenvalue weighted by atomic mass is 32.2. The monoisotopic (exact) mass is 481 g/mol. The van der Waals surface area contributed by atoms with E-state index in [2.05, 4.69) is 22.1 Å². The van der Waals surface area contributed by atoms with Crippen molar-refractivity contribution in [1.82, 2.24) is 15.0 Å². The van der Waals surface area contributed by atoms with Crippen molar-refractivity contribution in [1.29, 1.82) is 0 Å². The molecule has 0 bridgehead atoms. The Kier molecular flexibility index (Phi) is 6.11. The fraction of sp³-hybridized carbons (Fsp3) is 0.538.